The highest BCUT2D eigenvalue weighted by Gasteiger charge is 2.20. The third kappa shape index (κ3) is 3.78. The van der Waals surface area contributed by atoms with Gasteiger partial charge >= 0.3 is 5.69 Å². The lowest BCUT2D eigenvalue weighted by Gasteiger charge is -2.25. The summed E-state index contributed by atoms with van der Waals surface area (Å²) >= 11 is 0. The maximum absolute atomic E-state index is 11.8. The van der Waals surface area contributed by atoms with Gasteiger partial charge in [-0.25, -0.2) is 4.79 Å². The summed E-state index contributed by atoms with van der Waals surface area (Å²) in [4.78, 5) is 38.2. The van der Waals surface area contributed by atoms with Crippen LogP contribution in [-0.4, -0.2) is 33.6 Å². The van der Waals surface area contributed by atoms with Crippen LogP contribution in [0.5, 0.6) is 0 Å². The fraction of sp³-hybridized carbons (Fsp3) is 0.583. The van der Waals surface area contributed by atoms with Gasteiger partial charge < -0.3 is 15.4 Å². The number of aromatic nitrogens is 2. The number of carbonyl (C=O) groups is 1. The van der Waals surface area contributed by atoms with E-state index in [1.807, 2.05) is 4.98 Å². The zero-order valence-corrected chi connectivity index (χ0v) is 10.4. The van der Waals surface area contributed by atoms with Crippen LogP contribution in [0.2, 0.25) is 0 Å². The van der Waals surface area contributed by atoms with Crippen LogP contribution in [0.1, 0.15) is 36.2 Å². The lowest BCUT2D eigenvalue weighted by Crippen LogP contribution is -2.35. The van der Waals surface area contributed by atoms with Crippen molar-refractivity contribution in [3.8, 4) is 0 Å². The average Bonchev–Trinajstić information content (AvgIpc) is 2.35. The van der Waals surface area contributed by atoms with Gasteiger partial charge in [0.15, 0.2) is 0 Å². The Kier molecular flexibility index (Phi) is 4.16. The van der Waals surface area contributed by atoms with Crippen molar-refractivity contribution < 1.29 is 9.90 Å². The molecule has 4 N–H and O–H groups in total. The van der Waals surface area contributed by atoms with Crippen LogP contribution in [-0.2, 0) is 0 Å². The second-order valence-corrected chi connectivity index (χ2v) is 4.90. The molecule has 7 nitrogen and oxygen atoms in total. The zero-order chi connectivity index (χ0) is 13.8. The Morgan fingerprint density at radius 2 is 2.16 bits per heavy atom. The molecule has 1 aromatic rings. The van der Waals surface area contributed by atoms with Gasteiger partial charge in [-0.15, -0.1) is 0 Å². The standard InChI is InChI=1S/C12H17N3O4/c16-8-3-1-2-7(4-8)6-13-11(18)9-5-10(17)15-12(19)14-9/h5,7-8,16H,1-4,6H2,(H,13,18)(H2,14,15,17,19). The molecule has 2 atom stereocenters. The first-order valence-electron chi connectivity index (χ1n) is 6.34. The zero-order valence-electron chi connectivity index (χ0n) is 10.4. The van der Waals surface area contributed by atoms with Crippen molar-refractivity contribution in [2.24, 2.45) is 5.92 Å². The minimum atomic E-state index is -0.703. The van der Waals surface area contributed by atoms with Crippen LogP contribution < -0.4 is 16.6 Å². The minimum Gasteiger partial charge on any atom is -0.393 e. The monoisotopic (exact) mass is 267 g/mol. The number of aliphatic hydroxyl groups excluding tert-OH is 1. The molecule has 1 aliphatic rings. The van der Waals surface area contributed by atoms with Crippen LogP contribution in [0.4, 0.5) is 0 Å². The molecule has 104 valence electrons. The third-order valence-electron chi connectivity index (χ3n) is 3.31. The van der Waals surface area contributed by atoms with Crippen molar-refractivity contribution in [3.63, 3.8) is 0 Å². The molecule has 0 radical (unpaired) electrons. The van der Waals surface area contributed by atoms with E-state index in [0.29, 0.717) is 13.0 Å². The lowest BCUT2D eigenvalue weighted by molar-refractivity contribution is 0.0870. The Bertz CT molecular complexity index is 534. The van der Waals surface area contributed by atoms with Gasteiger partial charge in [0.2, 0.25) is 0 Å². The molecule has 0 aromatic carbocycles. The van der Waals surface area contributed by atoms with Gasteiger partial charge in [-0.2, -0.15) is 0 Å². The Morgan fingerprint density at radius 1 is 1.37 bits per heavy atom. The van der Waals surface area contributed by atoms with Crippen molar-refractivity contribution in [1.29, 1.82) is 0 Å². The number of rotatable bonds is 3. The summed E-state index contributed by atoms with van der Waals surface area (Å²) in [5.74, 6) is -0.246. The molecule has 7 heteroatoms. The molecule has 0 bridgehead atoms. The molecule has 0 spiro atoms. The second-order valence-electron chi connectivity index (χ2n) is 4.90. The topological polar surface area (TPSA) is 115 Å². The average molecular weight is 267 g/mol. The molecule has 0 saturated heterocycles. The number of nitrogens with one attached hydrogen (secondary N) is 3. The summed E-state index contributed by atoms with van der Waals surface area (Å²) in [6.45, 7) is 0.435. The second kappa shape index (κ2) is 5.83. The van der Waals surface area contributed by atoms with E-state index in [0.717, 1.165) is 25.3 Å². The molecule has 1 aromatic heterocycles. The minimum absolute atomic E-state index is 0.0508. The highest BCUT2D eigenvalue weighted by Crippen LogP contribution is 2.23. The van der Waals surface area contributed by atoms with Crippen LogP contribution in [0, 0.1) is 5.92 Å². The van der Waals surface area contributed by atoms with E-state index in [1.54, 1.807) is 0 Å². The predicted molar refractivity (Wildman–Crippen MR) is 68.0 cm³/mol. The molecule has 1 saturated carbocycles. The van der Waals surface area contributed by atoms with E-state index in [1.165, 1.54) is 0 Å². The normalized spacial score (nSPS) is 23.0. The van der Waals surface area contributed by atoms with Crippen LogP contribution in [0.15, 0.2) is 15.7 Å². The smallest absolute Gasteiger partial charge is 0.326 e. The fourth-order valence-corrected chi connectivity index (χ4v) is 2.37. The Morgan fingerprint density at radius 3 is 2.84 bits per heavy atom. The molecule has 1 heterocycles. The summed E-state index contributed by atoms with van der Waals surface area (Å²) < 4.78 is 0. The molecule has 2 rings (SSSR count). The number of hydrogen-bond donors (Lipinski definition) is 4. The summed E-state index contributed by atoms with van der Waals surface area (Å²) in [7, 11) is 0. The summed E-state index contributed by atoms with van der Waals surface area (Å²) in [6.07, 6.45) is 3.10. The van der Waals surface area contributed by atoms with Gasteiger partial charge in [0.05, 0.1) is 6.10 Å². The largest absolute Gasteiger partial charge is 0.393 e. The van der Waals surface area contributed by atoms with E-state index in [2.05, 4.69) is 10.3 Å². The first-order chi connectivity index (χ1) is 9.04. The Labute approximate surface area is 109 Å². The van der Waals surface area contributed by atoms with Crippen molar-refractivity contribution in [1.82, 2.24) is 15.3 Å². The molecular formula is C12H17N3O4. The molecular weight excluding hydrogens is 250 g/mol. The first-order valence-corrected chi connectivity index (χ1v) is 6.34. The number of H-pyrrole nitrogens is 2. The van der Waals surface area contributed by atoms with Crippen molar-refractivity contribution in [2.45, 2.75) is 31.8 Å². The van der Waals surface area contributed by atoms with Crippen molar-refractivity contribution in [2.75, 3.05) is 6.54 Å². The summed E-state index contributed by atoms with van der Waals surface area (Å²) in [5.41, 5.74) is -1.36. The molecule has 2 unspecified atom stereocenters. The fourth-order valence-electron chi connectivity index (χ4n) is 2.37. The molecule has 0 aliphatic heterocycles. The molecule has 19 heavy (non-hydrogen) atoms. The molecule has 1 amide bonds. The summed E-state index contributed by atoms with van der Waals surface area (Å²) in [5, 5.41) is 12.2. The van der Waals surface area contributed by atoms with Crippen LogP contribution in [0.3, 0.4) is 0 Å². The lowest BCUT2D eigenvalue weighted by atomic mass is 9.87. The number of aromatic amines is 2. The number of carbonyl (C=O) groups excluding carboxylic acids is 1. The first kappa shape index (κ1) is 13.5. The van der Waals surface area contributed by atoms with Crippen molar-refractivity contribution >= 4 is 5.91 Å². The number of amides is 1. The van der Waals surface area contributed by atoms with E-state index in [4.69, 9.17) is 0 Å². The van der Waals surface area contributed by atoms with Crippen LogP contribution >= 0.6 is 0 Å². The van der Waals surface area contributed by atoms with E-state index in [9.17, 15) is 19.5 Å². The highest BCUT2D eigenvalue weighted by atomic mass is 16.3. The maximum atomic E-state index is 11.8. The Hall–Kier alpha value is -1.89. The van der Waals surface area contributed by atoms with E-state index in [-0.39, 0.29) is 17.7 Å². The van der Waals surface area contributed by atoms with Gasteiger partial charge in [-0.1, -0.05) is 6.42 Å². The van der Waals surface area contributed by atoms with E-state index < -0.39 is 17.2 Å². The number of hydrogen-bond acceptors (Lipinski definition) is 4. The van der Waals surface area contributed by atoms with Gasteiger partial charge in [0.25, 0.3) is 11.5 Å². The quantitative estimate of drug-likeness (QED) is 0.582. The maximum Gasteiger partial charge on any atom is 0.326 e. The SMILES string of the molecule is O=C(NCC1CCCC(O)C1)c1cc(=O)[nH]c(=O)[nH]1. The highest BCUT2D eigenvalue weighted by molar-refractivity contribution is 5.91. The van der Waals surface area contributed by atoms with Gasteiger partial charge in [0.1, 0.15) is 5.69 Å². The van der Waals surface area contributed by atoms with Gasteiger partial charge in [-0.3, -0.25) is 14.6 Å². The van der Waals surface area contributed by atoms with Gasteiger partial charge in [0, 0.05) is 12.6 Å². The predicted octanol–water partition coefficient (Wildman–Crippen LogP) is -0.656. The van der Waals surface area contributed by atoms with Crippen molar-refractivity contribution in [3.05, 3.63) is 32.6 Å². The number of aliphatic hydroxyl groups is 1. The Balaban J connectivity index is 1.94. The van der Waals surface area contributed by atoms with E-state index >= 15 is 0 Å². The van der Waals surface area contributed by atoms with Crippen LogP contribution in [0.25, 0.3) is 0 Å². The summed E-state index contributed by atoms with van der Waals surface area (Å²) in [6, 6.07) is 1.05. The molecule has 1 aliphatic carbocycles. The molecule has 1 fully saturated rings. The third-order valence-corrected chi connectivity index (χ3v) is 3.31. The van der Waals surface area contributed by atoms with Gasteiger partial charge in [-0.05, 0) is 25.2 Å².